The number of esters is 3. The van der Waals surface area contributed by atoms with Gasteiger partial charge in [0.05, 0.1) is 6.61 Å². The Morgan fingerprint density at radius 1 is 1.30 bits per heavy atom. The molecule has 0 radical (unpaired) electrons. The van der Waals surface area contributed by atoms with Crippen LogP contribution in [0.25, 0.3) is 0 Å². The van der Waals surface area contributed by atoms with Crippen LogP contribution in [0.2, 0.25) is 0 Å². The highest BCUT2D eigenvalue weighted by Crippen LogP contribution is 2.24. The smallest absolute Gasteiger partial charge is 0.329 e. The average Bonchev–Trinajstić information content (AvgIpc) is 2.44. The number of ether oxygens (including phenoxy) is 3. The summed E-state index contributed by atoms with van der Waals surface area (Å²) in [5.41, 5.74) is -0.0903. The number of carbonyl (C=O) groups is 3. The summed E-state index contributed by atoms with van der Waals surface area (Å²) in [6.07, 6.45) is -2.09. The first-order valence-corrected chi connectivity index (χ1v) is 6.62. The number of rotatable bonds is 5. The molecule has 9 heteroatoms. The van der Waals surface area contributed by atoms with Crippen molar-refractivity contribution >= 4 is 23.6 Å². The van der Waals surface area contributed by atoms with E-state index in [0.29, 0.717) is 0 Å². The van der Waals surface area contributed by atoms with E-state index in [4.69, 9.17) is 14.2 Å². The van der Waals surface area contributed by atoms with Gasteiger partial charge in [-0.2, -0.15) is 0 Å². The van der Waals surface area contributed by atoms with E-state index in [0.717, 1.165) is 6.07 Å². The summed E-state index contributed by atoms with van der Waals surface area (Å²) in [6.45, 7) is 1.01. The summed E-state index contributed by atoms with van der Waals surface area (Å²) < 4.78 is 41.5. The Morgan fingerprint density at radius 3 is 2.57 bits per heavy atom. The maximum absolute atomic E-state index is 13.9. The van der Waals surface area contributed by atoms with Crippen LogP contribution in [0.4, 0.5) is 14.5 Å². The fraction of sp³-hybridized carbons (Fsp3) is 0.357. The number of cyclic esters (lactones) is 2. The zero-order chi connectivity index (χ0) is 17.0. The lowest BCUT2D eigenvalue weighted by Gasteiger charge is -2.24. The molecule has 0 saturated carbocycles. The fourth-order valence-electron chi connectivity index (χ4n) is 1.92. The molecule has 2 rings (SSSR count). The molecule has 0 amide bonds. The van der Waals surface area contributed by atoms with Crippen LogP contribution in [0.5, 0.6) is 0 Å². The Hall–Kier alpha value is -2.71. The van der Waals surface area contributed by atoms with Gasteiger partial charge in [-0.05, 0) is 12.1 Å². The van der Waals surface area contributed by atoms with Crippen LogP contribution in [0.15, 0.2) is 12.1 Å². The first kappa shape index (κ1) is 16.7. The predicted octanol–water partition coefficient (Wildman–Crippen LogP) is 1.26. The first-order valence-electron chi connectivity index (χ1n) is 6.62. The van der Waals surface area contributed by atoms with Crippen molar-refractivity contribution in [1.29, 1.82) is 0 Å². The number of hydrogen-bond acceptors (Lipinski definition) is 7. The minimum Gasteiger partial charge on any atom is -0.466 e. The first-order chi connectivity index (χ1) is 10.9. The van der Waals surface area contributed by atoms with Gasteiger partial charge >= 0.3 is 24.3 Å². The second-order valence-electron chi connectivity index (χ2n) is 4.61. The monoisotopic (exact) mass is 329 g/mol. The molecule has 1 aliphatic rings. The molecule has 7 nitrogen and oxygen atoms in total. The van der Waals surface area contributed by atoms with E-state index < -0.39 is 42.4 Å². The van der Waals surface area contributed by atoms with E-state index in [1.54, 1.807) is 0 Å². The lowest BCUT2D eigenvalue weighted by atomic mass is 10.1. The second-order valence-corrected chi connectivity index (χ2v) is 4.61. The number of nitrogens with one attached hydrogen (secondary N) is 1. The van der Waals surface area contributed by atoms with E-state index in [2.05, 4.69) is 5.32 Å². The van der Waals surface area contributed by atoms with E-state index in [1.807, 2.05) is 0 Å². The Kier molecular flexibility index (Phi) is 5.09. The number of carbonyl (C=O) groups excluding carboxylic acids is 3. The number of anilines is 1. The van der Waals surface area contributed by atoms with Crippen LogP contribution in [0.3, 0.4) is 0 Å². The van der Waals surface area contributed by atoms with Crippen molar-refractivity contribution in [2.45, 2.75) is 26.2 Å². The fourth-order valence-corrected chi connectivity index (χ4v) is 1.92. The zero-order valence-electron chi connectivity index (χ0n) is 12.1. The molecular weight excluding hydrogens is 316 g/mol. The van der Waals surface area contributed by atoms with Crippen LogP contribution in [-0.4, -0.2) is 30.9 Å². The minimum absolute atomic E-state index is 0.0450. The summed E-state index contributed by atoms with van der Waals surface area (Å²) in [4.78, 5) is 33.1. The average molecular weight is 329 g/mol. The van der Waals surface area contributed by atoms with Gasteiger partial charge in [0.25, 0.3) is 0 Å². The maximum Gasteiger partial charge on any atom is 0.329 e. The standard InChI is InChI=1S/C14H13F2NO6/c1-7(18)21-5-4-8-10(3-2-9(15)13(8)16)17-14-22-11(19)6-12(20)23-14/h2-3,14,17H,4-6H2,1H3. The summed E-state index contributed by atoms with van der Waals surface area (Å²) in [6, 6.07) is 2.05. The molecule has 0 aliphatic carbocycles. The molecule has 0 aromatic heterocycles. The van der Waals surface area contributed by atoms with Crippen LogP contribution in [-0.2, 0) is 35.0 Å². The maximum atomic E-state index is 13.9. The summed E-state index contributed by atoms with van der Waals surface area (Å²) in [5, 5.41) is 2.48. The number of halogens is 2. The summed E-state index contributed by atoms with van der Waals surface area (Å²) in [7, 11) is 0. The van der Waals surface area contributed by atoms with Crippen LogP contribution < -0.4 is 5.32 Å². The van der Waals surface area contributed by atoms with E-state index in [-0.39, 0.29) is 24.3 Å². The Bertz CT molecular complexity index is 632. The summed E-state index contributed by atoms with van der Waals surface area (Å²) in [5.74, 6) is -4.40. The third-order valence-corrected chi connectivity index (χ3v) is 2.89. The number of benzene rings is 1. The normalized spacial score (nSPS) is 14.9. The molecule has 1 fully saturated rings. The van der Waals surface area contributed by atoms with Crippen LogP contribution >= 0.6 is 0 Å². The van der Waals surface area contributed by atoms with Crippen LogP contribution in [0, 0.1) is 11.6 Å². The molecule has 124 valence electrons. The SMILES string of the molecule is CC(=O)OCCc1c(NC2OC(=O)CC(=O)O2)ccc(F)c1F. The third kappa shape index (κ3) is 4.38. The van der Waals surface area contributed by atoms with Gasteiger partial charge in [0, 0.05) is 24.6 Å². The summed E-state index contributed by atoms with van der Waals surface area (Å²) >= 11 is 0. The Balaban J connectivity index is 2.16. The lowest BCUT2D eigenvalue weighted by molar-refractivity contribution is -0.197. The van der Waals surface area contributed by atoms with Crippen molar-refractivity contribution in [2.24, 2.45) is 0 Å². The molecule has 0 spiro atoms. The molecule has 0 unspecified atom stereocenters. The van der Waals surface area contributed by atoms with E-state index >= 15 is 0 Å². The van der Waals surface area contributed by atoms with Crippen molar-refractivity contribution < 1.29 is 37.4 Å². The Morgan fingerprint density at radius 2 is 1.96 bits per heavy atom. The third-order valence-electron chi connectivity index (χ3n) is 2.89. The highest BCUT2D eigenvalue weighted by Gasteiger charge is 2.28. The number of hydrogen-bond donors (Lipinski definition) is 1. The van der Waals surface area contributed by atoms with Crippen molar-refractivity contribution in [3.05, 3.63) is 29.3 Å². The predicted molar refractivity (Wildman–Crippen MR) is 70.9 cm³/mol. The van der Waals surface area contributed by atoms with Gasteiger partial charge in [-0.15, -0.1) is 0 Å². The highest BCUT2D eigenvalue weighted by atomic mass is 19.2. The van der Waals surface area contributed by atoms with E-state index in [1.165, 1.54) is 13.0 Å². The largest absolute Gasteiger partial charge is 0.466 e. The van der Waals surface area contributed by atoms with Gasteiger partial charge in [0.1, 0.15) is 6.42 Å². The molecule has 1 saturated heterocycles. The molecule has 0 atom stereocenters. The van der Waals surface area contributed by atoms with Crippen LogP contribution in [0.1, 0.15) is 18.9 Å². The van der Waals surface area contributed by atoms with Crippen molar-refractivity contribution in [3.8, 4) is 0 Å². The van der Waals surface area contributed by atoms with Gasteiger partial charge in [-0.25, -0.2) is 8.78 Å². The molecule has 1 heterocycles. The minimum atomic E-state index is -1.44. The van der Waals surface area contributed by atoms with E-state index in [9.17, 15) is 23.2 Å². The molecule has 1 aromatic rings. The molecule has 1 aliphatic heterocycles. The lowest BCUT2D eigenvalue weighted by Crippen LogP contribution is -2.38. The topological polar surface area (TPSA) is 90.9 Å². The van der Waals surface area contributed by atoms with Crippen molar-refractivity contribution in [2.75, 3.05) is 11.9 Å². The molecule has 0 bridgehead atoms. The van der Waals surface area contributed by atoms with Crippen molar-refractivity contribution in [3.63, 3.8) is 0 Å². The second kappa shape index (κ2) is 7.03. The van der Waals surface area contributed by atoms with Gasteiger partial charge in [-0.3, -0.25) is 14.4 Å². The molecule has 1 aromatic carbocycles. The molecule has 1 N–H and O–H groups in total. The molecular formula is C14H13F2NO6. The quantitative estimate of drug-likeness (QED) is 0.642. The highest BCUT2D eigenvalue weighted by molar-refractivity contribution is 5.92. The molecule has 23 heavy (non-hydrogen) atoms. The van der Waals surface area contributed by atoms with Crippen molar-refractivity contribution in [1.82, 2.24) is 0 Å². The van der Waals surface area contributed by atoms with Gasteiger partial charge in [0.15, 0.2) is 11.6 Å². The Labute approximate surface area is 129 Å². The zero-order valence-corrected chi connectivity index (χ0v) is 12.1. The van der Waals surface area contributed by atoms with Gasteiger partial charge in [-0.1, -0.05) is 0 Å². The van der Waals surface area contributed by atoms with Gasteiger partial charge in [0.2, 0.25) is 0 Å². The van der Waals surface area contributed by atoms with Gasteiger partial charge < -0.3 is 19.5 Å².